The highest BCUT2D eigenvalue weighted by Crippen LogP contribution is 2.34. The van der Waals surface area contributed by atoms with Gasteiger partial charge >= 0.3 is 6.18 Å². The standard InChI is InChI=1S/C12H12F3N3O2S/c13-12(14,15)11-5-10(2-1-8(11)6-16)21(19,20)18-4-3-9(17)7-18/h1-2,5,9H,3-4,7,17H2/t9-/m1/s1. The van der Waals surface area contributed by atoms with Gasteiger partial charge < -0.3 is 5.73 Å². The SMILES string of the molecule is N#Cc1ccc(S(=O)(=O)N2CC[C@@H](N)C2)cc1C(F)(F)F. The van der Waals surface area contributed by atoms with Crippen LogP contribution >= 0.6 is 0 Å². The zero-order chi connectivity index (χ0) is 15.8. The predicted molar refractivity (Wildman–Crippen MR) is 67.5 cm³/mol. The van der Waals surface area contributed by atoms with Crippen molar-refractivity contribution in [3.63, 3.8) is 0 Å². The fraction of sp³-hybridized carbons (Fsp3) is 0.417. The second kappa shape index (κ2) is 5.29. The largest absolute Gasteiger partial charge is 0.417 e. The van der Waals surface area contributed by atoms with E-state index in [-0.39, 0.29) is 19.1 Å². The van der Waals surface area contributed by atoms with E-state index < -0.39 is 32.2 Å². The van der Waals surface area contributed by atoms with Gasteiger partial charge in [-0.3, -0.25) is 0 Å². The molecule has 1 saturated heterocycles. The van der Waals surface area contributed by atoms with E-state index in [1.165, 1.54) is 6.07 Å². The number of alkyl halides is 3. The molecular formula is C12H12F3N3O2S. The van der Waals surface area contributed by atoms with Gasteiger partial charge in [-0.1, -0.05) is 0 Å². The molecule has 1 aromatic rings. The Balaban J connectivity index is 2.48. The van der Waals surface area contributed by atoms with Crippen LogP contribution in [0.2, 0.25) is 0 Å². The normalized spacial score (nSPS) is 20.4. The topological polar surface area (TPSA) is 87.2 Å². The van der Waals surface area contributed by atoms with Crippen LogP contribution < -0.4 is 5.73 Å². The van der Waals surface area contributed by atoms with E-state index in [2.05, 4.69) is 0 Å². The Morgan fingerprint density at radius 2 is 2.05 bits per heavy atom. The number of nitrogens with two attached hydrogens (primary N) is 1. The summed E-state index contributed by atoms with van der Waals surface area (Å²) in [7, 11) is -4.04. The molecule has 0 radical (unpaired) electrons. The van der Waals surface area contributed by atoms with Gasteiger partial charge in [-0.25, -0.2) is 8.42 Å². The van der Waals surface area contributed by atoms with Crippen LogP contribution in [-0.2, 0) is 16.2 Å². The van der Waals surface area contributed by atoms with Crippen molar-refractivity contribution in [2.45, 2.75) is 23.5 Å². The van der Waals surface area contributed by atoms with E-state index in [1.807, 2.05) is 0 Å². The lowest BCUT2D eigenvalue weighted by molar-refractivity contribution is -0.137. The van der Waals surface area contributed by atoms with E-state index in [0.29, 0.717) is 12.5 Å². The number of benzene rings is 1. The van der Waals surface area contributed by atoms with Crippen molar-refractivity contribution in [3.05, 3.63) is 29.3 Å². The summed E-state index contributed by atoms with van der Waals surface area (Å²) in [5, 5.41) is 8.70. The molecular weight excluding hydrogens is 307 g/mol. The van der Waals surface area contributed by atoms with Crippen molar-refractivity contribution in [2.24, 2.45) is 5.73 Å². The highest BCUT2D eigenvalue weighted by Gasteiger charge is 2.37. The molecule has 0 aromatic heterocycles. The van der Waals surface area contributed by atoms with Crippen LogP contribution in [0.4, 0.5) is 13.2 Å². The zero-order valence-corrected chi connectivity index (χ0v) is 11.6. The maximum atomic E-state index is 12.9. The first kappa shape index (κ1) is 15.8. The number of hydrogen-bond donors (Lipinski definition) is 1. The van der Waals surface area contributed by atoms with Crippen LogP contribution in [0, 0.1) is 11.3 Å². The van der Waals surface area contributed by atoms with Crippen LogP contribution in [0.15, 0.2) is 23.1 Å². The lowest BCUT2D eigenvalue weighted by Crippen LogP contribution is -2.32. The van der Waals surface area contributed by atoms with Gasteiger partial charge in [0.2, 0.25) is 10.0 Å². The predicted octanol–water partition coefficient (Wildman–Crippen LogP) is 1.30. The molecule has 1 aliphatic heterocycles. The molecule has 1 atom stereocenters. The van der Waals surface area contributed by atoms with Gasteiger partial charge in [0.05, 0.1) is 22.1 Å². The minimum absolute atomic E-state index is 0.0731. The third-order valence-electron chi connectivity index (χ3n) is 3.24. The summed E-state index contributed by atoms with van der Waals surface area (Å²) in [6, 6.07) is 3.46. The van der Waals surface area contributed by atoms with Crippen molar-refractivity contribution in [1.29, 1.82) is 5.26 Å². The average Bonchev–Trinajstić information content (AvgIpc) is 2.84. The Morgan fingerprint density at radius 1 is 1.38 bits per heavy atom. The van der Waals surface area contributed by atoms with Crippen molar-refractivity contribution in [3.8, 4) is 6.07 Å². The number of halogens is 3. The lowest BCUT2D eigenvalue weighted by atomic mass is 10.1. The van der Waals surface area contributed by atoms with Gasteiger partial charge in [-0.2, -0.15) is 22.7 Å². The average molecular weight is 319 g/mol. The van der Waals surface area contributed by atoms with Gasteiger partial charge in [0.15, 0.2) is 0 Å². The Labute approximate surface area is 119 Å². The first-order chi connectivity index (χ1) is 9.66. The molecule has 0 spiro atoms. The second-order valence-corrected chi connectivity index (χ2v) is 6.67. The number of hydrogen-bond acceptors (Lipinski definition) is 4. The maximum Gasteiger partial charge on any atom is 0.417 e. The Morgan fingerprint density at radius 3 is 2.52 bits per heavy atom. The van der Waals surface area contributed by atoms with Crippen LogP contribution in [0.3, 0.4) is 0 Å². The first-order valence-electron chi connectivity index (χ1n) is 6.03. The smallest absolute Gasteiger partial charge is 0.326 e. The van der Waals surface area contributed by atoms with Crippen molar-refractivity contribution >= 4 is 10.0 Å². The van der Waals surface area contributed by atoms with E-state index in [1.54, 1.807) is 0 Å². The van der Waals surface area contributed by atoms with Crippen LogP contribution in [-0.4, -0.2) is 31.9 Å². The van der Waals surface area contributed by atoms with E-state index >= 15 is 0 Å². The van der Waals surface area contributed by atoms with Crippen LogP contribution in [0.1, 0.15) is 17.5 Å². The number of nitriles is 1. The molecule has 0 unspecified atom stereocenters. The Bertz CT molecular complexity index is 695. The summed E-state index contributed by atoms with van der Waals surface area (Å²) >= 11 is 0. The quantitative estimate of drug-likeness (QED) is 0.890. The van der Waals surface area contributed by atoms with Crippen molar-refractivity contribution in [1.82, 2.24) is 4.31 Å². The lowest BCUT2D eigenvalue weighted by Gasteiger charge is -2.17. The molecule has 2 rings (SSSR count). The van der Waals surface area contributed by atoms with E-state index in [9.17, 15) is 21.6 Å². The molecule has 9 heteroatoms. The molecule has 1 heterocycles. The monoisotopic (exact) mass is 319 g/mol. The fourth-order valence-electron chi connectivity index (χ4n) is 2.14. The maximum absolute atomic E-state index is 12.9. The number of nitrogens with zero attached hydrogens (tertiary/aromatic N) is 2. The van der Waals surface area contributed by atoms with E-state index in [0.717, 1.165) is 16.4 Å². The zero-order valence-electron chi connectivity index (χ0n) is 10.8. The summed E-state index contributed by atoms with van der Waals surface area (Å²) < 4.78 is 64.2. The first-order valence-corrected chi connectivity index (χ1v) is 7.47. The van der Waals surface area contributed by atoms with Gasteiger partial charge in [0.1, 0.15) is 0 Å². The van der Waals surface area contributed by atoms with Crippen LogP contribution in [0.25, 0.3) is 0 Å². The third kappa shape index (κ3) is 3.02. The summed E-state index contributed by atoms with van der Waals surface area (Å²) in [4.78, 5) is -0.483. The second-order valence-electron chi connectivity index (χ2n) is 4.73. The molecule has 21 heavy (non-hydrogen) atoms. The van der Waals surface area contributed by atoms with Crippen LogP contribution in [0.5, 0.6) is 0 Å². The fourth-order valence-corrected chi connectivity index (χ4v) is 3.68. The van der Waals surface area contributed by atoms with Gasteiger partial charge in [-0.15, -0.1) is 0 Å². The Kier molecular flexibility index (Phi) is 3.97. The minimum Gasteiger partial charge on any atom is -0.326 e. The van der Waals surface area contributed by atoms with Crippen molar-refractivity contribution in [2.75, 3.05) is 13.1 Å². The van der Waals surface area contributed by atoms with Crippen molar-refractivity contribution < 1.29 is 21.6 Å². The highest BCUT2D eigenvalue weighted by molar-refractivity contribution is 7.89. The molecule has 2 N–H and O–H groups in total. The van der Waals surface area contributed by atoms with Gasteiger partial charge in [0.25, 0.3) is 0 Å². The van der Waals surface area contributed by atoms with Gasteiger partial charge in [0, 0.05) is 19.1 Å². The molecule has 0 amide bonds. The van der Waals surface area contributed by atoms with E-state index in [4.69, 9.17) is 11.0 Å². The summed E-state index contributed by atoms with van der Waals surface area (Å²) in [6.07, 6.45) is -4.33. The molecule has 0 saturated carbocycles. The molecule has 1 aliphatic rings. The number of rotatable bonds is 2. The summed E-state index contributed by atoms with van der Waals surface area (Å²) in [6.45, 7) is 0.245. The molecule has 0 bridgehead atoms. The molecule has 0 aliphatic carbocycles. The Hall–Kier alpha value is -1.63. The van der Waals surface area contributed by atoms with Gasteiger partial charge in [-0.05, 0) is 24.6 Å². The molecule has 1 aromatic carbocycles. The highest BCUT2D eigenvalue weighted by atomic mass is 32.2. The molecule has 1 fully saturated rings. The molecule has 5 nitrogen and oxygen atoms in total. The number of sulfonamides is 1. The third-order valence-corrected chi connectivity index (χ3v) is 5.10. The summed E-state index contributed by atoms with van der Waals surface area (Å²) in [5.74, 6) is 0. The minimum atomic E-state index is -4.79. The molecule has 114 valence electrons. The summed E-state index contributed by atoms with van der Waals surface area (Å²) in [5.41, 5.74) is 3.75.